The number of nitro groups is 1. The molecule has 1 aromatic heterocycles. The molecule has 0 saturated heterocycles. The van der Waals surface area contributed by atoms with E-state index in [-0.39, 0.29) is 18.1 Å². The van der Waals surface area contributed by atoms with E-state index in [1.54, 1.807) is 6.07 Å². The van der Waals surface area contributed by atoms with Gasteiger partial charge in [-0.1, -0.05) is 0 Å². The van der Waals surface area contributed by atoms with Crippen molar-refractivity contribution in [2.24, 2.45) is 5.73 Å². The number of halogens is 1. The highest BCUT2D eigenvalue weighted by molar-refractivity contribution is 5.85. The van der Waals surface area contributed by atoms with Crippen LogP contribution in [0.3, 0.4) is 0 Å². The summed E-state index contributed by atoms with van der Waals surface area (Å²) in [5, 5.41) is 13.2. The molecule has 78 valence electrons. The summed E-state index contributed by atoms with van der Waals surface area (Å²) < 4.78 is 0. The summed E-state index contributed by atoms with van der Waals surface area (Å²) in [6.45, 7) is 1.10. The zero-order chi connectivity index (χ0) is 9.68. The lowest BCUT2D eigenvalue weighted by Crippen LogP contribution is -2.13. The minimum Gasteiger partial charge on any atom is -0.369 e. The van der Waals surface area contributed by atoms with Crippen LogP contribution in [0.25, 0.3) is 0 Å². The smallest absolute Gasteiger partial charge is 0.287 e. The number of nitrogens with one attached hydrogen (secondary N) is 1. The molecule has 0 aliphatic carbocycles. The highest BCUT2D eigenvalue weighted by Gasteiger charge is 2.03. The van der Waals surface area contributed by atoms with E-state index < -0.39 is 4.92 Å². The van der Waals surface area contributed by atoms with E-state index in [4.69, 9.17) is 5.73 Å². The molecule has 14 heavy (non-hydrogen) atoms. The quantitative estimate of drug-likeness (QED) is 0.575. The zero-order valence-corrected chi connectivity index (χ0v) is 8.16. The predicted molar refractivity (Wildman–Crippen MR) is 55.7 cm³/mol. The summed E-state index contributed by atoms with van der Waals surface area (Å²) >= 11 is 0. The van der Waals surface area contributed by atoms with Crippen LogP contribution in [0.4, 0.5) is 11.5 Å². The van der Waals surface area contributed by atoms with Crippen molar-refractivity contribution in [2.75, 3.05) is 18.4 Å². The van der Waals surface area contributed by atoms with Gasteiger partial charge in [-0.2, -0.15) is 0 Å². The molecule has 0 saturated carbocycles. The van der Waals surface area contributed by atoms with Gasteiger partial charge in [0.1, 0.15) is 12.0 Å². The molecule has 0 bridgehead atoms. The molecule has 7 heteroatoms. The second kappa shape index (κ2) is 6.11. The Morgan fingerprint density at radius 1 is 1.57 bits per heavy atom. The van der Waals surface area contributed by atoms with Crippen LogP contribution < -0.4 is 11.1 Å². The fourth-order valence-corrected chi connectivity index (χ4v) is 0.799. The van der Waals surface area contributed by atoms with Crippen molar-refractivity contribution in [3.63, 3.8) is 0 Å². The van der Waals surface area contributed by atoms with Gasteiger partial charge >= 0.3 is 0 Å². The van der Waals surface area contributed by atoms with Crippen LogP contribution in [0.1, 0.15) is 0 Å². The van der Waals surface area contributed by atoms with E-state index in [9.17, 15) is 10.1 Å². The summed E-state index contributed by atoms with van der Waals surface area (Å²) in [7, 11) is 0. The standard InChI is InChI=1S/C7H10N4O2.ClH/c8-3-4-9-7-2-1-6(5-10-7)11(12)13;/h1-2,5H,3-4,8H2,(H,9,10);1H. The molecular formula is C7H11ClN4O2. The minimum atomic E-state index is -0.486. The maximum absolute atomic E-state index is 10.3. The highest BCUT2D eigenvalue weighted by atomic mass is 35.5. The largest absolute Gasteiger partial charge is 0.369 e. The second-order valence-corrected chi connectivity index (χ2v) is 2.37. The van der Waals surface area contributed by atoms with Crippen LogP contribution in [0.2, 0.25) is 0 Å². The maximum atomic E-state index is 10.3. The van der Waals surface area contributed by atoms with Crippen molar-refractivity contribution in [3.8, 4) is 0 Å². The van der Waals surface area contributed by atoms with Crippen molar-refractivity contribution >= 4 is 23.9 Å². The van der Waals surface area contributed by atoms with Gasteiger partial charge in [0.05, 0.1) is 4.92 Å². The molecular weight excluding hydrogens is 208 g/mol. The van der Waals surface area contributed by atoms with E-state index in [2.05, 4.69) is 10.3 Å². The van der Waals surface area contributed by atoms with Gasteiger partial charge in [-0.25, -0.2) is 4.98 Å². The van der Waals surface area contributed by atoms with E-state index in [1.165, 1.54) is 12.3 Å². The molecule has 0 amide bonds. The first-order valence-corrected chi connectivity index (χ1v) is 3.78. The molecule has 0 fully saturated rings. The number of hydrogen-bond donors (Lipinski definition) is 2. The molecule has 0 atom stereocenters. The van der Waals surface area contributed by atoms with Crippen LogP contribution >= 0.6 is 12.4 Å². The molecule has 0 radical (unpaired) electrons. The normalized spacial score (nSPS) is 8.93. The minimum absolute atomic E-state index is 0. The summed E-state index contributed by atoms with van der Waals surface area (Å²) in [4.78, 5) is 13.6. The number of nitrogens with two attached hydrogens (primary N) is 1. The van der Waals surface area contributed by atoms with Gasteiger partial charge in [-0.15, -0.1) is 12.4 Å². The van der Waals surface area contributed by atoms with Crippen molar-refractivity contribution in [3.05, 3.63) is 28.4 Å². The Morgan fingerprint density at radius 3 is 2.71 bits per heavy atom. The number of hydrogen-bond acceptors (Lipinski definition) is 5. The summed E-state index contributed by atoms with van der Waals surface area (Å²) in [5.74, 6) is 0.594. The van der Waals surface area contributed by atoms with E-state index >= 15 is 0 Å². The lowest BCUT2D eigenvalue weighted by atomic mass is 10.4. The molecule has 0 aliphatic heterocycles. The molecule has 0 spiro atoms. The van der Waals surface area contributed by atoms with Crippen molar-refractivity contribution in [1.29, 1.82) is 0 Å². The lowest BCUT2D eigenvalue weighted by Gasteiger charge is -2.01. The molecule has 0 unspecified atom stereocenters. The molecule has 3 N–H and O–H groups in total. The first-order valence-electron chi connectivity index (χ1n) is 3.78. The van der Waals surface area contributed by atoms with Crippen molar-refractivity contribution in [1.82, 2.24) is 4.98 Å². The Bertz CT molecular complexity index is 290. The van der Waals surface area contributed by atoms with Crippen LogP contribution in [-0.4, -0.2) is 23.0 Å². The Labute approximate surface area is 87.1 Å². The first kappa shape index (κ1) is 12.6. The third-order valence-corrected chi connectivity index (χ3v) is 1.41. The fraction of sp³-hybridized carbons (Fsp3) is 0.286. The third-order valence-electron chi connectivity index (χ3n) is 1.41. The third kappa shape index (κ3) is 3.55. The summed E-state index contributed by atoms with van der Waals surface area (Å²) in [6.07, 6.45) is 1.21. The van der Waals surface area contributed by atoms with Gasteiger partial charge in [-0.05, 0) is 6.07 Å². The van der Waals surface area contributed by atoms with Crippen LogP contribution in [0.5, 0.6) is 0 Å². The van der Waals surface area contributed by atoms with Gasteiger partial charge in [0.15, 0.2) is 0 Å². The molecule has 1 rings (SSSR count). The van der Waals surface area contributed by atoms with Crippen LogP contribution in [0.15, 0.2) is 18.3 Å². The van der Waals surface area contributed by atoms with E-state index in [0.717, 1.165) is 0 Å². The summed E-state index contributed by atoms with van der Waals surface area (Å²) in [5.41, 5.74) is 5.24. The lowest BCUT2D eigenvalue weighted by molar-refractivity contribution is -0.385. The average Bonchev–Trinajstić information content (AvgIpc) is 2.15. The van der Waals surface area contributed by atoms with Gasteiger partial charge in [0.25, 0.3) is 5.69 Å². The van der Waals surface area contributed by atoms with Crippen LogP contribution in [-0.2, 0) is 0 Å². The Morgan fingerprint density at radius 2 is 2.29 bits per heavy atom. The van der Waals surface area contributed by atoms with Gasteiger partial charge in [0.2, 0.25) is 0 Å². The van der Waals surface area contributed by atoms with E-state index in [0.29, 0.717) is 18.9 Å². The van der Waals surface area contributed by atoms with E-state index in [1.807, 2.05) is 0 Å². The van der Waals surface area contributed by atoms with Crippen LogP contribution in [0, 0.1) is 10.1 Å². The Hall–Kier alpha value is -1.40. The SMILES string of the molecule is Cl.NCCNc1ccc([N+](=O)[O-])cn1. The first-order chi connectivity index (χ1) is 6.24. The second-order valence-electron chi connectivity index (χ2n) is 2.37. The fourth-order valence-electron chi connectivity index (χ4n) is 0.799. The molecule has 0 aromatic carbocycles. The van der Waals surface area contributed by atoms with Gasteiger partial charge in [0, 0.05) is 19.2 Å². The van der Waals surface area contributed by atoms with Gasteiger partial charge in [-0.3, -0.25) is 10.1 Å². The molecule has 1 aromatic rings. The molecule has 6 nitrogen and oxygen atoms in total. The number of anilines is 1. The molecule has 0 aliphatic rings. The number of rotatable bonds is 4. The Balaban J connectivity index is 0.00000169. The highest BCUT2D eigenvalue weighted by Crippen LogP contribution is 2.10. The van der Waals surface area contributed by atoms with Crippen molar-refractivity contribution in [2.45, 2.75) is 0 Å². The predicted octanol–water partition coefficient (Wildman–Crippen LogP) is 0.782. The maximum Gasteiger partial charge on any atom is 0.287 e. The molecule has 1 heterocycles. The monoisotopic (exact) mass is 218 g/mol. The topological polar surface area (TPSA) is 94.1 Å². The average molecular weight is 219 g/mol. The zero-order valence-electron chi connectivity index (χ0n) is 7.34. The summed E-state index contributed by atoms with van der Waals surface area (Å²) in [6, 6.07) is 2.94. The van der Waals surface area contributed by atoms with Crippen molar-refractivity contribution < 1.29 is 4.92 Å². The number of aromatic nitrogens is 1. The van der Waals surface area contributed by atoms with Gasteiger partial charge < -0.3 is 11.1 Å². The number of pyridine rings is 1. The number of nitrogens with zero attached hydrogens (tertiary/aromatic N) is 2. The Kier molecular flexibility index (Phi) is 5.50.